The van der Waals surface area contributed by atoms with Crippen LogP contribution in [0.5, 0.6) is 0 Å². The molecule has 0 aliphatic rings. The Kier molecular flexibility index (Phi) is 6.25. The first-order chi connectivity index (χ1) is 11.1. The lowest BCUT2D eigenvalue weighted by atomic mass is 10.3. The SMILES string of the molecule is C=CCN(CC=C)C(=O)Cc1csc(NC(=O)c2cccs2)n1. The first kappa shape index (κ1) is 17.1. The molecule has 0 aliphatic heterocycles. The molecule has 2 aromatic heterocycles. The fraction of sp³-hybridized carbons (Fsp3) is 0.188. The van der Waals surface area contributed by atoms with E-state index in [4.69, 9.17) is 0 Å². The number of rotatable bonds is 8. The van der Waals surface area contributed by atoms with Crippen molar-refractivity contribution in [2.45, 2.75) is 6.42 Å². The number of carbonyl (C=O) groups excluding carboxylic acids is 2. The Balaban J connectivity index is 1.96. The molecule has 0 bridgehead atoms. The molecule has 0 spiro atoms. The maximum atomic E-state index is 12.2. The van der Waals surface area contributed by atoms with Crippen LogP contribution in [0.2, 0.25) is 0 Å². The zero-order chi connectivity index (χ0) is 16.7. The Morgan fingerprint density at radius 2 is 2.00 bits per heavy atom. The maximum Gasteiger partial charge on any atom is 0.267 e. The molecular formula is C16H17N3O2S2. The topological polar surface area (TPSA) is 62.3 Å². The number of nitrogens with zero attached hydrogens (tertiary/aromatic N) is 2. The highest BCUT2D eigenvalue weighted by Crippen LogP contribution is 2.18. The van der Waals surface area contributed by atoms with Crippen LogP contribution in [0.1, 0.15) is 15.4 Å². The molecule has 5 nitrogen and oxygen atoms in total. The molecule has 2 heterocycles. The minimum absolute atomic E-state index is 0.0498. The molecule has 0 atom stereocenters. The van der Waals surface area contributed by atoms with E-state index in [0.29, 0.717) is 28.8 Å². The van der Waals surface area contributed by atoms with Crippen molar-refractivity contribution in [1.29, 1.82) is 0 Å². The molecule has 2 amide bonds. The summed E-state index contributed by atoms with van der Waals surface area (Å²) in [5, 5.41) is 6.85. The van der Waals surface area contributed by atoms with Crippen LogP contribution in [0.15, 0.2) is 48.2 Å². The summed E-state index contributed by atoms with van der Waals surface area (Å²) in [6, 6.07) is 3.57. The summed E-state index contributed by atoms with van der Waals surface area (Å²) < 4.78 is 0. The molecule has 0 radical (unpaired) electrons. The van der Waals surface area contributed by atoms with Crippen LogP contribution < -0.4 is 5.32 Å². The molecule has 0 fully saturated rings. The number of aromatic nitrogens is 1. The van der Waals surface area contributed by atoms with E-state index in [2.05, 4.69) is 23.5 Å². The highest BCUT2D eigenvalue weighted by Gasteiger charge is 2.15. The van der Waals surface area contributed by atoms with Crippen molar-refractivity contribution < 1.29 is 9.59 Å². The van der Waals surface area contributed by atoms with E-state index in [0.717, 1.165) is 0 Å². The number of nitrogens with one attached hydrogen (secondary N) is 1. The summed E-state index contributed by atoms with van der Waals surface area (Å²) >= 11 is 2.67. The third-order valence-corrected chi connectivity index (χ3v) is 4.58. The number of thiophene rings is 1. The van der Waals surface area contributed by atoms with Gasteiger partial charge in [-0.2, -0.15) is 0 Å². The van der Waals surface area contributed by atoms with E-state index in [1.807, 2.05) is 11.4 Å². The largest absolute Gasteiger partial charge is 0.335 e. The van der Waals surface area contributed by atoms with Crippen LogP contribution in [0, 0.1) is 0 Å². The summed E-state index contributed by atoms with van der Waals surface area (Å²) in [5.41, 5.74) is 0.639. The van der Waals surface area contributed by atoms with Gasteiger partial charge in [-0.05, 0) is 11.4 Å². The van der Waals surface area contributed by atoms with E-state index in [-0.39, 0.29) is 18.2 Å². The van der Waals surface area contributed by atoms with Gasteiger partial charge in [-0.25, -0.2) is 4.98 Å². The van der Waals surface area contributed by atoms with Crippen LogP contribution in [0.4, 0.5) is 5.13 Å². The van der Waals surface area contributed by atoms with E-state index in [9.17, 15) is 9.59 Å². The number of amides is 2. The molecule has 23 heavy (non-hydrogen) atoms. The van der Waals surface area contributed by atoms with Gasteiger partial charge >= 0.3 is 0 Å². The highest BCUT2D eigenvalue weighted by atomic mass is 32.1. The van der Waals surface area contributed by atoms with Gasteiger partial charge in [0, 0.05) is 18.5 Å². The second kappa shape index (κ2) is 8.40. The average Bonchev–Trinajstić information content (AvgIpc) is 3.19. The first-order valence-electron chi connectivity index (χ1n) is 6.93. The summed E-state index contributed by atoms with van der Waals surface area (Å²) in [6.45, 7) is 8.23. The van der Waals surface area contributed by atoms with Crippen LogP contribution >= 0.6 is 22.7 Å². The lowest BCUT2D eigenvalue weighted by molar-refractivity contribution is -0.129. The van der Waals surface area contributed by atoms with Gasteiger partial charge in [-0.1, -0.05) is 18.2 Å². The van der Waals surface area contributed by atoms with Gasteiger partial charge in [0.05, 0.1) is 17.0 Å². The lowest BCUT2D eigenvalue weighted by Gasteiger charge is -2.18. The number of hydrogen-bond donors (Lipinski definition) is 1. The lowest BCUT2D eigenvalue weighted by Crippen LogP contribution is -2.32. The third kappa shape index (κ3) is 4.87. The van der Waals surface area contributed by atoms with E-state index >= 15 is 0 Å². The van der Waals surface area contributed by atoms with Gasteiger partial charge in [0.2, 0.25) is 5.91 Å². The number of thiazole rings is 1. The second-order valence-corrected chi connectivity index (χ2v) is 6.43. The Labute approximate surface area is 143 Å². The summed E-state index contributed by atoms with van der Waals surface area (Å²) in [4.78, 5) is 30.7. The van der Waals surface area contributed by atoms with Crippen LogP contribution in [-0.4, -0.2) is 34.8 Å². The molecule has 0 saturated heterocycles. The quantitative estimate of drug-likeness (QED) is 0.746. The molecule has 0 unspecified atom stereocenters. The van der Waals surface area contributed by atoms with Gasteiger partial charge in [-0.3, -0.25) is 14.9 Å². The molecule has 0 saturated carbocycles. The fourth-order valence-corrected chi connectivity index (χ4v) is 3.19. The van der Waals surface area contributed by atoms with Gasteiger partial charge in [-0.15, -0.1) is 35.8 Å². The van der Waals surface area contributed by atoms with Crippen LogP contribution in [0.3, 0.4) is 0 Å². The predicted molar refractivity (Wildman–Crippen MR) is 95.1 cm³/mol. The molecule has 7 heteroatoms. The Morgan fingerprint density at radius 1 is 1.26 bits per heavy atom. The zero-order valence-electron chi connectivity index (χ0n) is 12.5. The zero-order valence-corrected chi connectivity index (χ0v) is 14.2. The van der Waals surface area contributed by atoms with Crippen LogP contribution in [0.25, 0.3) is 0 Å². The minimum atomic E-state index is -0.188. The Morgan fingerprint density at radius 3 is 2.61 bits per heavy atom. The predicted octanol–water partition coefficient (Wildman–Crippen LogP) is 3.20. The van der Waals surface area contributed by atoms with Gasteiger partial charge in [0.1, 0.15) is 0 Å². The monoisotopic (exact) mass is 347 g/mol. The number of hydrogen-bond acceptors (Lipinski definition) is 5. The van der Waals surface area contributed by atoms with Crippen molar-refractivity contribution in [2.75, 3.05) is 18.4 Å². The minimum Gasteiger partial charge on any atom is -0.335 e. The average molecular weight is 347 g/mol. The molecule has 0 aromatic carbocycles. The maximum absolute atomic E-state index is 12.2. The highest BCUT2D eigenvalue weighted by molar-refractivity contribution is 7.14. The fourth-order valence-electron chi connectivity index (χ4n) is 1.87. The van der Waals surface area contributed by atoms with E-state index < -0.39 is 0 Å². The Hall–Kier alpha value is -2.25. The van der Waals surface area contributed by atoms with Crippen molar-refractivity contribution in [3.8, 4) is 0 Å². The molecule has 2 rings (SSSR count). The molecule has 2 aromatic rings. The third-order valence-electron chi connectivity index (χ3n) is 2.90. The van der Waals surface area contributed by atoms with E-state index in [1.165, 1.54) is 22.7 Å². The number of anilines is 1. The van der Waals surface area contributed by atoms with Crippen molar-refractivity contribution in [3.05, 3.63) is 58.8 Å². The van der Waals surface area contributed by atoms with Gasteiger partial charge < -0.3 is 4.90 Å². The van der Waals surface area contributed by atoms with Crippen molar-refractivity contribution in [3.63, 3.8) is 0 Å². The normalized spacial score (nSPS) is 10.1. The smallest absolute Gasteiger partial charge is 0.267 e. The van der Waals surface area contributed by atoms with Crippen molar-refractivity contribution in [1.82, 2.24) is 9.88 Å². The van der Waals surface area contributed by atoms with Gasteiger partial charge in [0.15, 0.2) is 5.13 Å². The second-order valence-electron chi connectivity index (χ2n) is 4.63. The molecule has 0 aliphatic carbocycles. The summed E-state index contributed by atoms with van der Waals surface area (Å²) in [5.74, 6) is -0.238. The first-order valence-corrected chi connectivity index (χ1v) is 8.68. The molecule has 1 N–H and O–H groups in total. The van der Waals surface area contributed by atoms with Gasteiger partial charge in [0.25, 0.3) is 5.91 Å². The van der Waals surface area contributed by atoms with Crippen molar-refractivity contribution >= 4 is 39.6 Å². The summed E-state index contributed by atoms with van der Waals surface area (Å²) in [6.07, 6.45) is 3.54. The summed E-state index contributed by atoms with van der Waals surface area (Å²) in [7, 11) is 0. The van der Waals surface area contributed by atoms with Crippen LogP contribution in [-0.2, 0) is 11.2 Å². The van der Waals surface area contributed by atoms with Crippen molar-refractivity contribution in [2.24, 2.45) is 0 Å². The van der Waals surface area contributed by atoms with E-state index in [1.54, 1.807) is 28.5 Å². The Bertz CT molecular complexity index is 682. The standard InChI is InChI=1S/C16H17N3O2S2/c1-3-7-19(8-4-2)14(20)10-12-11-23-16(17-12)18-15(21)13-6-5-9-22-13/h3-6,9,11H,1-2,7-8,10H2,(H,17,18,21). The number of carbonyl (C=O) groups is 2. The molecular weight excluding hydrogens is 330 g/mol. The molecule has 120 valence electrons.